The molecular weight excluding hydrogens is 733 g/mol. The van der Waals surface area contributed by atoms with Crippen molar-refractivity contribution in [1.29, 1.82) is 0 Å². The Hall–Kier alpha value is -2.30. The van der Waals surface area contributed by atoms with Crippen LogP contribution in [0.3, 0.4) is 0 Å². The van der Waals surface area contributed by atoms with E-state index in [0.29, 0.717) is 19.3 Å². The Bertz CT molecular complexity index is 1100. The maximum Gasteiger partial charge on any atom is 0.472 e. The first kappa shape index (κ1) is 53.7. The van der Waals surface area contributed by atoms with Gasteiger partial charge < -0.3 is 25.2 Å². The van der Waals surface area contributed by atoms with E-state index in [0.717, 1.165) is 32.1 Å². The molecule has 326 valence electrons. The van der Waals surface area contributed by atoms with Crippen LogP contribution in [-0.4, -0.2) is 59.9 Å². The number of unbranched alkanes of at least 4 members (excludes halogenated alkanes) is 21. The topological polar surface area (TPSA) is 172 Å². The molecule has 0 aromatic rings. The van der Waals surface area contributed by atoms with E-state index < -0.39 is 51.1 Å². The Kier molecular flexibility index (Phi) is 37.9. The van der Waals surface area contributed by atoms with Crippen molar-refractivity contribution in [2.24, 2.45) is 5.73 Å². The SMILES string of the molecule is CCCCCCCCCCC/C=C/C/C=C/CCCC(=O)O[C@H](COC(=O)CCCC/C=C/CCCCCCCCCCC)COP(=O)(O)OC[C@H](N)C(=O)O. The molecule has 0 aromatic heterocycles. The van der Waals surface area contributed by atoms with Gasteiger partial charge in [0.2, 0.25) is 0 Å². The predicted octanol–water partition coefficient (Wildman–Crippen LogP) is 11.6. The van der Waals surface area contributed by atoms with Gasteiger partial charge in [0.25, 0.3) is 0 Å². The van der Waals surface area contributed by atoms with Gasteiger partial charge in [-0.25, -0.2) is 4.57 Å². The molecule has 0 radical (unpaired) electrons. The summed E-state index contributed by atoms with van der Waals surface area (Å²) in [4.78, 5) is 45.9. The van der Waals surface area contributed by atoms with Crippen LogP contribution in [0, 0.1) is 0 Å². The summed E-state index contributed by atoms with van der Waals surface area (Å²) in [7, 11) is -4.73. The largest absolute Gasteiger partial charge is 0.480 e. The molecule has 1 unspecified atom stereocenters. The molecule has 4 N–H and O–H groups in total. The van der Waals surface area contributed by atoms with E-state index in [-0.39, 0.29) is 19.4 Å². The van der Waals surface area contributed by atoms with Gasteiger partial charge in [0.05, 0.1) is 13.2 Å². The van der Waals surface area contributed by atoms with Crippen LogP contribution in [-0.2, 0) is 37.5 Å². The molecule has 0 aliphatic heterocycles. The fourth-order valence-electron chi connectivity index (χ4n) is 5.86. The maximum atomic E-state index is 12.6. The van der Waals surface area contributed by atoms with Gasteiger partial charge in [0.15, 0.2) is 6.10 Å². The van der Waals surface area contributed by atoms with Crippen molar-refractivity contribution in [3.8, 4) is 0 Å². The van der Waals surface area contributed by atoms with E-state index in [1.807, 2.05) is 6.08 Å². The zero-order chi connectivity index (χ0) is 41.4. The van der Waals surface area contributed by atoms with Gasteiger partial charge in [0, 0.05) is 12.8 Å². The van der Waals surface area contributed by atoms with Gasteiger partial charge in [-0.05, 0) is 64.2 Å². The summed E-state index contributed by atoms with van der Waals surface area (Å²) in [6.07, 6.45) is 42.2. The lowest BCUT2D eigenvalue weighted by Crippen LogP contribution is -2.34. The van der Waals surface area contributed by atoms with E-state index in [2.05, 4.69) is 48.8 Å². The van der Waals surface area contributed by atoms with Gasteiger partial charge in [-0.2, -0.15) is 0 Å². The average molecular weight is 814 g/mol. The lowest BCUT2D eigenvalue weighted by molar-refractivity contribution is -0.161. The van der Waals surface area contributed by atoms with Crippen LogP contribution < -0.4 is 5.73 Å². The number of phosphoric ester groups is 1. The van der Waals surface area contributed by atoms with Crippen molar-refractivity contribution in [1.82, 2.24) is 0 Å². The van der Waals surface area contributed by atoms with Crippen LogP contribution >= 0.6 is 7.82 Å². The number of hydrogen-bond donors (Lipinski definition) is 3. The number of carbonyl (C=O) groups is 3. The van der Waals surface area contributed by atoms with Gasteiger partial charge in [-0.15, -0.1) is 0 Å². The monoisotopic (exact) mass is 814 g/mol. The van der Waals surface area contributed by atoms with Crippen LogP contribution in [0.5, 0.6) is 0 Å². The normalized spacial score (nSPS) is 14.1. The van der Waals surface area contributed by atoms with Crippen molar-refractivity contribution in [3.63, 3.8) is 0 Å². The number of rotatable bonds is 41. The minimum Gasteiger partial charge on any atom is -0.480 e. The van der Waals surface area contributed by atoms with Crippen molar-refractivity contribution >= 4 is 25.7 Å². The second kappa shape index (κ2) is 39.5. The third kappa shape index (κ3) is 38.6. The number of ether oxygens (including phenoxy) is 2. The molecule has 0 heterocycles. The number of allylic oxidation sites excluding steroid dienone is 6. The quantitative estimate of drug-likeness (QED) is 0.0232. The number of hydrogen-bond acceptors (Lipinski definition) is 9. The highest BCUT2D eigenvalue weighted by Crippen LogP contribution is 2.43. The summed E-state index contributed by atoms with van der Waals surface area (Å²) in [6, 6.07) is -1.53. The number of carbonyl (C=O) groups excluding carboxylic acids is 2. The summed E-state index contributed by atoms with van der Waals surface area (Å²) in [6.45, 7) is 2.74. The summed E-state index contributed by atoms with van der Waals surface area (Å²) in [5.41, 5.74) is 5.33. The molecule has 0 bridgehead atoms. The van der Waals surface area contributed by atoms with Crippen LogP contribution in [0.25, 0.3) is 0 Å². The highest BCUT2D eigenvalue weighted by Gasteiger charge is 2.28. The molecule has 0 aromatic carbocycles. The number of phosphoric acid groups is 1. The summed E-state index contributed by atoms with van der Waals surface area (Å²) >= 11 is 0. The minimum absolute atomic E-state index is 0.0939. The molecule has 0 saturated heterocycles. The molecule has 3 atom stereocenters. The van der Waals surface area contributed by atoms with Crippen LogP contribution in [0.2, 0.25) is 0 Å². The Labute approximate surface area is 340 Å². The first-order valence-electron chi connectivity index (χ1n) is 22.0. The lowest BCUT2D eigenvalue weighted by atomic mass is 10.1. The van der Waals surface area contributed by atoms with E-state index in [1.54, 1.807) is 0 Å². The summed E-state index contributed by atoms with van der Waals surface area (Å²) in [5.74, 6) is -2.46. The van der Waals surface area contributed by atoms with E-state index in [4.69, 9.17) is 24.8 Å². The Balaban J connectivity index is 4.45. The highest BCUT2D eigenvalue weighted by atomic mass is 31.2. The number of carboxylic acids is 1. The molecule has 0 rings (SSSR count). The third-order valence-corrected chi connectivity index (χ3v) is 10.3. The molecule has 0 saturated carbocycles. The highest BCUT2D eigenvalue weighted by molar-refractivity contribution is 7.47. The maximum absolute atomic E-state index is 12.6. The smallest absolute Gasteiger partial charge is 0.472 e. The first-order chi connectivity index (χ1) is 27.1. The second-order valence-corrected chi connectivity index (χ2v) is 16.3. The third-order valence-electron chi connectivity index (χ3n) is 9.36. The molecule has 11 nitrogen and oxygen atoms in total. The Morgan fingerprint density at radius 2 is 0.964 bits per heavy atom. The van der Waals surface area contributed by atoms with Crippen LogP contribution in [0.4, 0.5) is 0 Å². The molecular formula is C44H80NO10P. The number of carboxylic acid groups (broad SMARTS) is 1. The molecule has 0 fully saturated rings. The van der Waals surface area contributed by atoms with Gasteiger partial charge >= 0.3 is 25.7 Å². The standard InChI is InChI=1S/C44H80NO10P/c1-3-5-7-9-11-13-15-17-19-20-22-24-26-28-30-32-34-36-43(47)55-40(38-53-56(50,51)54-39-41(45)44(48)49)37-52-42(46)35-33-31-29-27-25-23-21-18-16-14-12-10-8-6-4-2/h22,24-25,27-28,30,40-41H,3-21,23,26,29,31-39,45H2,1-2H3,(H,48,49)(H,50,51)/b24-22+,27-25+,30-28+/t40-,41+/m1/s1. The van der Waals surface area contributed by atoms with Crippen LogP contribution in [0.15, 0.2) is 36.5 Å². The van der Waals surface area contributed by atoms with Gasteiger partial charge in [-0.1, -0.05) is 153 Å². The second-order valence-electron chi connectivity index (χ2n) is 14.8. The fourth-order valence-corrected chi connectivity index (χ4v) is 6.64. The zero-order valence-corrected chi connectivity index (χ0v) is 36.1. The number of nitrogens with two attached hydrogens (primary N) is 1. The zero-order valence-electron chi connectivity index (χ0n) is 35.2. The van der Waals surface area contributed by atoms with Gasteiger partial charge in [-0.3, -0.25) is 23.4 Å². The molecule has 56 heavy (non-hydrogen) atoms. The minimum atomic E-state index is -4.73. The van der Waals surface area contributed by atoms with Crippen molar-refractivity contribution in [2.45, 2.75) is 206 Å². The van der Waals surface area contributed by atoms with E-state index >= 15 is 0 Å². The summed E-state index contributed by atoms with van der Waals surface area (Å²) in [5, 5.41) is 8.88. The van der Waals surface area contributed by atoms with Crippen molar-refractivity contribution < 1.29 is 47.5 Å². The summed E-state index contributed by atoms with van der Waals surface area (Å²) < 4.78 is 32.6. The van der Waals surface area contributed by atoms with Crippen molar-refractivity contribution in [3.05, 3.63) is 36.5 Å². The number of aliphatic carboxylic acids is 1. The Morgan fingerprint density at radius 3 is 1.46 bits per heavy atom. The number of esters is 2. The lowest BCUT2D eigenvalue weighted by Gasteiger charge is -2.20. The van der Waals surface area contributed by atoms with Crippen LogP contribution in [0.1, 0.15) is 194 Å². The molecule has 0 amide bonds. The van der Waals surface area contributed by atoms with E-state index in [1.165, 1.54) is 116 Å². The fraction of sp³-hybridized carbons (Fsp3) is 0.795. The molecule has 12 heteroatoms. The molecule has 0 aliphatic carbocycles. The predicted molar refractivity (Wildman–Crippen MR) is 226 cm³/mol. The van der Waals surface area contributed by atoms with E-state index in [9.17, 15) is 23.8 Å². The van der Waals surface area contributed by atoms with Gasteiger partial charge in [0.1, 0.15) is 12.6 Å². The first-order valence-corrected chi connectivity index (χ1v) is 23.5. The molecule has 0 aliphatic rings. The average Bonchev–Trinajstić information content (AvgIpc) is 3.17. The van der Waals surface area contributed by atoms with Crippen molar-refractivity contribution in [2.75, 3.05) is 19.8 Å². The Morgan fingerprint density at radius 1 is 0.554 bits per heavy atom. The molecule has 0 spiro atoms.